The molecule has 1 unspecified atom stereocenters. The number of benzene rings is 7. The maximum absolute atomic E-state index is 3.91. The van der Waals surface area contributed by atoms with Gasteiger partial charge in [-0.3, -0.25) is 4.57 Å². The van der Waals surface area contributed by atoms with Crippen LogP contribution < -0.4 is 5.32 Å². The summed E-state index contributed by atoms with van der Waals surface area (Å²) < 4.78 is 2.43. The van der Waals surface area contributed by atoms with Crippen molar-refractivity contribution >= 4 is 38.4 Å². The molecule has 1 N–H and O–H groups in total. The normalized spacial score (nSPS) is 16.2. The van der Waals surface area contributed by atoms with Crippen LogP contribution in [0.1, 0.15) is 34.0 Å². The highest BCUT2D eigenvalue weighted by Gasteiger charge is 2.47. The average molecular weight is 616 g/mol. The number of fused-ring (bicyclic) bond motifs is 8. The Labute approximate surface area is 280 Å². The number of aromatic nitrogens is 1. The van der Waals surface area contributed by atoms with E-state index in [-0.39, 0.29) is 6.17 Å². The molecule has 0 radical (unpaired) electrons. The van der Waals surface area contributed by atoms with Gasteiger partial charge in [-0.15, -0.1) is 0 Å². The molecule has 0 bridgehead atoms. The van der Waals surface area contributed by atoms with Crippen molar-refractivity contribution in [1.82, 2.24) is 14.8 Å². The zero-order valence-electron chi connectivity index (χ0n) is 26.6. The Morgan fingerprint density at radius 1 is 0.562 bits per heavy atom. The van der Waals surface area contributed by atoms with E-state index in [1.165, 1.54) is 71.5 Å². The number of para-hydroxylation sites is 1. The van der Waals surface area contributed by atoms with Crippen LogP contribution in [0.3, 0.4) is 0 Å². The number of rotatable bonds is 4. The van der Waals surface area contributed by atoms with Crippen molar-refractivity contribution in [3.63, 3.8) is 0 Å². The molecule has 2 heterocycles. The van der Waals surface area contributed by atoms with E-state index in [0.717, 1.165) is 5.82 Å². The van der Waals surface area contributed by atoms with Crippen LogP contribution in [0.4, 0.5) is 0 Å². The van der Waals surface area contributed by atoms with Gasteiger partial charge in [-0.1, -0.05) is 146 Å². The molecule has 0 saturated heterocycles. The number of hydrogen-bond donors (Lipinski definition) is 1. The van der Waals surface area contributed by atoms with E-state index < -0.39 is 5.41 Å². The van der Waals surface area contributed by atoms with Crippen molar-refractivity contribution in [1.29, 1.82) is 0 Å². The first-order valence-electron chi connectivity index (χ1n) is 16.7. The van der Waals surface area contributed by atoms with Gasteiger partial charge in [0.25, 0.3) is 0 Å². The minimum absolute atomic E-state index is 0.0276. The summed E-state index contributed by atoms with van der Waals surface area (Å²) in [7, 11) is 2.16. The van der Waals surface area contributed by atoms with Crippen LogP contribution in [0.2, 0.25) is 0 Å². The quantitative estimate of drug-likeness (QED) is 0.213. The molecule has 0 fully saturated rings. The third-order valence-electron chi connectivity index (χ3n) is 10.6. The highest BCUT2D eigenvalue weighted by Crippen LogP contribution is 2.58. The van der Waals surface area contributed by atoms with Gasteiger partial charge in [0.05, 0.1) is 16.4 Å². The lowest BCUT2D eigenvalue weighted by atomic mass is 9.67. The molecule has 10 rings (SSSR count). The molecule has 1 atom stereocenters. The van der Waals surface area contributed by atoms with Gasteiger partial charge in [-0.05, 0) is 67.9 Å². The Hall–Kier alpha value is -6.06. The van der Waals surface area contributed by atoms with E-state index >= 15 is 0 Å². The first kappa shape index (κ1) is 27.1. The maximum Gasteiger partial charge on any atom is 0.129 e. The lowest BCUT2D eigenvalue weighted by Crippen LogP contribution is -2.28. The topological polar surface area (TPSA) is 20.2 Å². The summed E-state index contributed by atoms with van der Waals surface area (Å²) in [5.74, 6) is 1.07. The molecule has 0 saturated carbocycles. The molecule has 1 aliphatic heterocycles. The van der Waals surface area contributed by atoms with E-state index in [9.17, 15) is 0 Å². The molecule has 0 amide bonds. The number of hydrogen-bond acceptors (Lipinski definition) is 2. The molecular weight excluding hydrogens is 583 g/mol. The smallest absolute Gasteiger partial charge is 0.129 e. The van der Waals surface area contributed by atoms with Crippen LogP contribution in [0.25, 0.3) is 49.5 Å². The second-order valence-electron chi connectivity index (χ2n) is 13.1. The molecule has 1 aromatic heterocycles. The summed E-state index contributed by atoms with van der Waals surface area (Å²) in [5.41, 5.74) is 11.1. The molecule has 3 heteroatoms. The van der Waals surface area contributed by atoms with Crippen LogP contribution in [0, 0.1) is 0 Å². The van der Waals surface area contributed by atoms with Crippen molar-refractivity contribution < 1.29 is 0 Å². The summed E-state index contributed by atoms with van der Waals surface area (Å²) in [4.78, 5) is 2.29. The predicted molar refractivity (Wildman–Crippen MR) is 199 cm³/mol. The van der Waals surface area contributed by atoms with Crippen molar-refractivity contribution in [2.45, 2.75) is 11.6 Å². The van der Waals surface area contributed by atoms with Gasteiger partial charge in [0.2, 0.25) is 0 Å². The maximum atomic E-state index is 3.91. The predicted octanol–water partition coefficient (Wildman–Crippen LogP) is 10.3. The SMILES string of the molecule is CN1C=C(n2c3ccccc3c3c4c(ccc32)C(c2ccccc2)(c2ccccc2)c2ccccc2-4)NC1c1ccc2ccccc2c1. The second-order valence-corrected chi connectivity index (χ2v) is 13.1. The van der Waals surface area contributed by atoms with Gasteiger partial charge in [0, 0.05) is 24.0 Å². The fraction of sp³-hybridized carbons (Fsp3) is 0.0667. The van der Waals surface area contributed by atoms with Crippen molar-refractivity contribution in [3.8, 4) is 11.1 Å². The Bertz CT molecular complexity index is 2520. The van der Waals surface area contributed by atoms with E-state index in [0.29, 0.717) is 0 Å². The van der Waals surface area contributed by atoms with Crippen LogP contribution in [0.5, 0.6) is 0 Å². The molecule has 3 nitrogen and oxygen atoms in total. The van der Waals surface area contributed by atoms with Crippen LogP contribution in [0.15, 0.2) is 170 Å². The Morgan fingerprint density at radius 2 is 1.23 bits per heavy atom. The van der Waals surface area contributed by atoms with E-state index in [1.54, 1.807) is 0 Å². The fourth-order valence-corrected chi connectivity index (χ4v) is 8.62. The Morgan fingerprint density at radius 3 is 2.02 bits per heavy atom. The number of nitrogens with zero attached hydrogens (tertiary/aromatic N) is 2. The largest absolute Gasteiger partial charge is 0.354 e. The lowest BCUT2D eigenvalue weighted by Gasteiger charge is -2.33. The zero-order chi connectivity index (χ0) is 31.8. The van der Waals surface area contributed by atoms with Gasteiger partial charge >= 0.3 is 0 Å². The summed E-state index contributed by atoms with van der Waals surface area (Å²) >= 11 is 0. The van der Waals surface area contributed by atoms with Crippen molar-refractivity contribution in [3.05, 3.63) is 198 Å². The Kier molecular flexibility index (Phi) is 5.77. The number of nitrogens with one attached hydrogen (secondary N) is 1. The molecule has 7 aromatic carbocycles. The molecule has 228 valence electrons. The van der Waals surface area contributed by atoms with Crippen LogP contribution in [-0.4, -0.2) is 16.5 Å². The van der Waals surface area contributed by atoms with E-state index in [1.807, 2.05) is 0 Å². The Balaban J connectivity index is 1.22. The van der Waals surface area contributed by atoms with Gasteiger partial charge < -0.3 is 10.2 Å². The molecule has 1 aliphatic carbocycles. The zero-order valence-corrected chi connectivity index (χ0v) is 26.6. The summed E-state index contributed by atoms with van der Waals surface area (Å²) in [5, 5.41) is 8.98. The van der Waals surface area contributed by atoms with Crippen LogP contribution in [-0.2, 0) is 5.41 Å². The van der Waals surface area contributed by atoms with Gasteiger partial charge in [0.1, 0.15) is 12.0 Å². The summed E-state index contributed by atoms with van der Waals surface area (Å²) in [6.45, 7) is 0. The standard InChI is InChI=1S/C45H33N3/c1-47-29-41(46-44(47)32-25-24-30-14-8-9-15-31(30)28-32)48-39-23-13-11-21-36(39)43-40(48)27-26-38-42(43)35-20-10-12-22-37(35)45(38,33-16-4-2-5-17-33)34-18-6-3-7-19-34/h2-29,44,46H,1H3. The minimum Gasteiger partial charge on any atom is -0.354 e. The van der Waals surface area contributed by atoms with E-state index in [2.05, 4.69) is 192 Å². The van der Waals surface area contributed by atoms with Crippen LogP contribution >= 0.6 is 0 Å². The monoisotopic (exact) mass is 615 g/mol. The third-order valence-corrected chi connectivity index (χ3v) is 10.6. The van der Waals surface area contributed by atoms with E-state index in [4.69, 9.17) is 0 Å². The first-order valence-corrected chi connectivity index (χ1v) is 16.7. The second kappa shape index (κ2) is 10.2. The highest BCUT2D eigenvalue weighted by molar-refractivity contribution is 6.18. The van der Waals surface area contributed by atoms with Gasteiger partial charge in [0.15, 0.2) is 0 Å². The molecule has 0 spiro atoms. The molecule has 48 heavy (non-hydrogen) atoms. The van der Waals surface area contributed by atoms with Gasteiger partial charge in [-0.2, -0.15) is 0 Å². The molecule has 2 aliphatic rings. The average Bonchev–Trinajstić information content (AvgIpc) is 3.80. The molecule has 8 aromatic rings. The first-order chi connectivity index (χ1) is 23.7. The van der Waals surface area contributed by atoms with Gasteiger partial charge in [-0.25, -0.2) is 0 Å². The summed E-state index contributed by atoms with van der Waals surface area (Å²) in [6.07, 6.45) is 2.28. The summed E-state index contributed by atoms with van der Waals surface area (Å²) in [6, 6.07) is 60.1. The van der Waals surface area contributed by atoms with Crippen molar-refractivity contribution in [2.24, 2.45) is 0 Å². The van der Waals surface area contributed by atoms with Crippen molar-refractivity contribution in [2.75, 3.05) is 7.05 Å². The third kappa shape index (κ3) is 3.64. The minimum atomic E-state index is -0.432. The molecular formula is C45H33N3. The fourth-order valence-electron chi connectivity index (χ4n) is 8.62. The lowest BCUT2D eigenvalue weighted by molar-refractivity contribution is 0.341. The highest BCUT2D eigenvalue weighted by atomic mass is 15.4.